The Morgan fingerprint density at radius 1 is 1.40 bits per heavy atom. The topological polar surface area (TPSA) is 26.0 Å². The Morgan fingerprint density at radius 3 is 2.73 bits per heavy atom. The van der Waals surface area contributed by atoms with E-state index in [9.17, 15) is 0 Å². The van der Waals surface area contributed by atoms with Gasteiger partial charge >= 0.3 is 0 Å². The van der Waals surface area contributed by atoms with Gasteiger partial charge in [-0.15, -0.1) is 11.3 Å². The van der Waals surface area contributed by atoms with Gasteiger partial charge in [-0.2, -0.15) is 0 Å². The molecule has 1 unspecified atom stereocenters. The van der Waals surface area contributed by atoms with Crippen LogP contribution in [0.4, 0.5) is 0 Å². The summed E-state index contributed by atoms with van der Waals surface area (Å²) in [6.07, 6.45) is 8.26. The van der Waals surface area contributed by atoms with Crippen molar-refractivity contribution in [1.29, 1.82) is 0 Å². The molecule has 2 heteroatoms. The largest absolute Gasteiger partial charge is 0.324 e. The van der Waals surface area contributed by atoms with Gasteiger partial charge in [-0.25, -0.2) is 0 Å². The van der Waals surface area contributed by atoms with Gasteiger partial charge in [0.1, 0.15) is 0 Å². The molecule has 1 fully saturated rings. The molecule has 0 aliphatic heterocycles. The van der Waals surface area contributed by atoms with Crippen molar-refractivity contribution in [2.24, 2.45) is 11.7 Å². The minimum atomic E-state index is 0.277. The van der Waals surface area contributed by atoms with Crippen molar-refractivity contribution in [2.45, 2.75) is 51.5 Å². The summed E-state index contributed by atoms with van der Waals surface area (Å²) in [7, 11) is 0. The first-order valence-corrected chi connectivity index (χ1v) is 6.95. The Hall–Kier alpha value is -0.340. The van der Waals surface area contributed by atoms with Crippen LogP contribution in [0.15, 0.2) is 11.4 Å². The molecule has 1 aromatic heterocycles. The van der Waals surface area contributed by atoms with Crippen LogP contribution in [0.3, 0.4) is 0 Å². The SMILES string of the molecule is Cc1sccc1C(N)CC1CCCCC1. The zero-order chi connectivity index (χ0) is 10.7. The Kier molecular flexibility index (Phi) is 3.81. The van der Waals surface area contributed by atoms with E-state index in [1.165, 1.54) is 49.0 Å². The van der Waals surface area contributed by atoms with Crippen molar-refractivity contribution < 1.29 is 0 Å². The molecular weight excluding hydrogens is 202 g/mol. The third kappa shape index (κ3) is 2.82. The van der Waals surface area contributed by atoms with Crippen LogP contribution in [0.2, 0.25) is 0 Å². The molecule has 1 aliphatic rings. The molecule has 1 nitrogen and oxygen atoms in total. The van der Waals surface area contributed by atoms with E-state index in [1.54, 1.807) is 0 Å². The molecule has 0 saturated heterocycles. The second kappa shape index (κ2) is 5.13. The van der Waals surface area contributed by atoms with E-state index in [4.69, 9.17) is 5.73 Å². The van der Waals surface area contributed by atoms with Crippen LogP contribution in [-0.4, -0.2) is 0 Å². The molecule has 0 radical (unpaired) electrons. The predicted octanol–water partition coefficient (Wildman–Crippen LogP) is 4.03. The van der Waals surface area contributed by atoms with Gasteiger partial charge in [-0.05, 0) is 36.3 Å². The Balaban J connectivity index is 1.91. The van der Waals surface area contributed by atoms with E-state index < -0.39 is 0 Å². The number of thiophene rings is 1. The summed E-state index contributed by atoms with van der Waals surface area (Å²) in [6, 6.07) is 2.48. The fraction of sp³-hybridized carbons (Fsp3) is 0.692. The molecule has 15 heavy (non-hydrogen) atoms. The average Bonchev–Trinajstić information content (AvgIpc) is 2.66. The molecule has 84 valence electrons. The summed E-state index contributed by atoms with van der Waals surface area (Å²) in [5.41, 5.74) is 7.66. The zero-order valence-corrected chi connectivity index (χ0v) is 10.4. The van der Waals surface area contributed by atoms with Gasteiger partial charge in [0.25, 0.3) is 0 Å². The summed E-state index contributed by atoms with van der Waals surface area (Å²) in [5.74, 6) is 0.882. The van der Waals surface area contributed by atoms with Crippen LogP contribution in [0.1, 0.15) is 55.0 Å². The first-order valence-electron chi connectivity index (χ1n) is 6.07. The van der Waals surface area contributed by atoms with Gasteiger partial charge in [-0.3, -0.25) is 0 Å². The quantitative estimate of drug-likeness (QED) is 0.822. The second-order valence-corrected chi connectivity index (χ2v) is 5.90. The molecule has 1 atom stereocenters. The summed E-state index contributed by atoms with van der Waals surface area (Å²) in [6.45, 7) is 2.18. The molecule has 1 heterocycles. The van der Waals surface area contributed by atoms with E-state index in [2.05, 4.69) is 18.4 Å². The molecule has 0 bridgehead atoms. The molecular formula is C13H21NS. The van der Waals surface area contributed by atoms with E-state index in [0.717, 1.165) is 5.92 Å². The molecule has 1 aromatic rings. The number of aryl methyl sites for hydroxylation is 1. The molecule has 0 spiro atoms. The van der Waals surface area contributed by atoms with Crippen molar-refractivity contribution >= 4 is 11.3 Å². The van der Waals surface area contributed by atoms with Crippen LogP contribution >= 0.6 is 11.3 Å². The monoisotopic (exact) mass is 223 g/mol. The number of hydrogen-bond acceptors (Lipinski definition) is 2. The number of hydrogen-bond donors (Lipinski definition) is 1. The first-order chi connectivity index (χ1) is 7.27. The molecule has 2 rings (SSSR count). The summed E-state index contributed by atoms with van der Waals surface area (Å²) in [5, 5.41) is 2.16. The van der Waals surface area contributed by atoms with Crippen molar-refractivity contribution in [3.8, 4) is 0 Å². The second-order valence-electron chi connectivity index (χ2n) is 4.78. The number of nitrogens with two attached hydrogens (primary N) is 1. The third-order valence-corrected chi connectivity index (χ3v) is 4.47. The van der Waals surface area contributed by atoms with Crippen molar-refractivity contribution in [3.05, 3.63) is 21.9 Å². The van der Waals surface area contributed by atoms with Gasteiger partial charge in [0.2, 0.25) is 0 Å². The lowest BCUT2D eigenvalue weighted by Crippen LogP contribution is -2.17. The lowest BCUT2D eigenvalue weighted by molar-refractivity contribution is 0.319. The molecule has 0 amide bonds. The Bertz CT molecular complexity index is 299. The molecule has 1 saturated carbocycles. The third-order valence-electron chi connectivity index (χ3n) is 3.61. The Labute approximate surface area is 96.7 Å². The summed E-state index contributed by atoms with van der Waals surface area (Å²) in [4.78, 5) is 1.40. The maximum absolute atomic E-state index is 6.28. The van der Waals surface area contributed by atoms with Gasteiger partial charge in [0.05, 0.1) is 0 Å². The fourth-order valence-corrected chi connectivity index (χ4v) is 3.46. The van der Waals surface area contributed by atoms with E-state index in [0.29, 0.717) is 0 Å². The van der Waals surface area contributed by atoms with Crippen molar-refractivity contribution in [3.63, 3.8) is 0 Å². The van der Waals surface area contributed by atoms with Gasteiger partial charge in [-0.1, -0.05) is 32.1 Å². The lowest BCUT2D eigenvalue weighted by atomic mass is 9.84. The smallest absolute Gasteiger partial charge is 0.0308 e. The lowest BCUT2D eigenvalue weighted by Gasteiger charge is -2.24. The Morgan fingerprint density at radius 2 is 2.13 bits per heavy atom. The van der Waals surface area contributed by atoms with Crippen LogP contribution in [0, 0.1) is 12.8 Å². The predicted molar refractivity (Wildman–Crippen MR) is 67.2 cm³/mol. The van der Waals surface area contributed by atoms with Gasteiger partial charge < -0.3 is 5.73 Å². The maximum Gasteiger partial charge on any atom is 0.0308 e. The fourth-order valence-electron chi connectivity index (χ4n) is 2.69. The van der Waals surface area contributed by atoms with Crippen LogP contribution in [0.5, 0.6) is 0 Å². The minimum absolute atomic E-state index is 0.277. The van der Waals surface area contributed by atoms with E-state index >= 15 is 0 Å². The van der Waals surface area contributed by atoms with Gasteiger partial charge in [0.15, 0.2) is 0 Å². The minimum Gasteiger partial charge on any atom is -0.324 e. The standard InChI is InChI=1S/C13H21NS/c1-10-12(7-8-15-10)13(14)9-11-5-3-2-4-6-11/h7-8,11,13H,2-6,9,14H2,1H3. The van der Waals surface area contributed by atoms with Crippen LogP contribution < -0.4 is 5.73 Å². The van der Waals surface area contributed by atoms with E-state index in [1.807, 2.05) is 11.3 Å². The highest BCUT2D eigenvalue weighted by Crippen LogP contribution is 2.32. The average molecular weight is 223 g/mol. The normalized spacial score (nSPS) is 20.4. The molecule has 1 aliphatic carbocycles. The molecule has 2 N–H and O–H groups in total. The number of rotatable bonds is 3. The van der Waals surface area contributed by atoms with Gasteiger partial charge in [0, 0.05) is 10.9 Å². The van der Waals surface area contributed by atoms with Crippen molar-refractivity contribution in [1.82, 2.24) is 0 Å². The highest BCUT2D eigenvalue weighted by atomic mass is 32.1. The highest BCUT2D eigenvalue weighted by molar-refractivity contribution is 7.10. The van der Waals surface area contributed by atoms with E-state index in [-0.39, 0.29) is 6.04 Å². The van der Waals surface area contributed by atoms with Crippen molar-refractivity contribution in [2.75, 3.05) is 0 Å². The summed E-state index contributed by atoms with van der Waals surface area (Å²) >= 11 is 1.81. The molecule has 0 aromatic carbocycles. The summed E-state index contributed by atoms with van der Waals surface area (Å²) < 4.78 is 0. The van der Waals surface area contributed by atoms with Crippen LogP contribution in [0.25, 0.3) is 0 Å². The zero-order valence-electron chi connectivity index (χ0n) is 9.54. The maximum atomic E-state index is 6.28. The first kappa shape index (κ1) is 11.2. The highest BCUT2D eigenvalue weighted by Gasteiger charge is 2.18. The van der Waals surface area contributed by atoms with Crippen LogP contribution in [-0.2, 0) is 0 Å².